The van der Waals surface area contributed by atoms with Crippen LogP contribution in [0.25, 0.3) is 0 Å². The van der Waals surface area contributed by atoms with Crippen molar-refractivity contribution >= 4 is 23.8 Å². The molecule has 9 heteroatoms. The smallest absolute Gasteiger partial charge is 0.412 e. The molecule has 1 fully saturated rings. The topological polar surface area (TPSA) is 102 Å². The van der Waals surface area contributed by atoms with Crippen LogP contribution in [-0.4, -0.2) is 45.9 Å². The van der Waals surface area contributed by atoms with Gasteiger partial charge in [0.15, 0.2) is 5.69 Å². The summed E-state index contributed by atoms with van der Waals surface area (Å²) in [5.41, 5.74) is 0.416. The first-order chi connectivity index (χ1) is 16.8. The summed E-state index contributed by atoms with van der Waals surface area (Å²) in [6, 6.07) is 13.6. The first-order valence-corrected chi connectivity index (χ1v) is 12.7. The van der Waals surface area contributed by atoms with E-state index in [1.807, 2.05) is 71.0 Å². The van der Waals surface area contributed by atoms with E-state index in [1.165, 1.54) is 18.7 Å². The summed E-state index contributed by atoms with van der Waals surface area (Å²) in [6.07, 6.45) is 0.139. The zero-order valence-electron chi connectivity index (χ0n) is 21.8. The molecule has 0 radical (unpaired) electrons. The highest BCUT2D eigenvalue weighted by Gasteiger charge is 2.46. The quantitative estimate of drug-likeness (QED) is 0.355. The number of nitrogens with zero attached hydrogens (tertiary/aromatic N) is 3. The molecule has 3 rings (SSSR count). The molecule has 2 aromatic rings. The van der Waals surface area contributed by atoms with Crippen LogP contribution in [0.3, 0.4) is 0 Å². The van der Waals surface area contributed by atoms with Gasteiger partial charge in [0, 0.05) is 22.6 Å². The summed E-state index contributed by atoms with van der Waals surface area (Å²) in [6.45, 7) is 12.7. The lowest BCUT2D eigenvalue weighted by Gasteiger charge is -2.36. The summed E-state index contributed by atoms with van der Waals surface area (Å²) in [4.78, 5) is 31.2. The van der Waals surface area contributed by atoms with Crippen molar-refractivity contribution in [1.82, 2.24) is 9.88 Å². The zero-order chi connectivity index (χ0) is 26.7. The number of pyridine rings is 1. The molecule has 0 bridgehead atoms. The minimum absolute atomic E-state index is 0.119. The van der Waals surface area contributed by atoms with E-state index in [0.717, 1.165) is 5.56 Å². The van der Waals surface area contributed by atoms with Crippen LogP contribution in [-0.2, 0) is 14.3 Å². The van der Waals surface area contributed by atoms with Crippen LogP contribution in [0.4, 0.5) is 4.79 Å². The SMILES string of the molecule is CC(=O)Oc1nc(C#N)c(S[C@H](C[C@H]2COC(C)(C)N2C(=O)OC(C)(C)C)c2ccccc2)cc1C. The first kappa shape index (κ1) is 27.5. The van der Waals surface area contributed by atoms with Crippen molar-refractivity contribution in [2.75, 3.05) is 6.61 Å². The third kappa shape index (κ3) is 6.77. The maximum absolute atomic E-state index is 13.2. The Balaban J connectivity index is 1.95. The molecule has 1 aromatic carbocycles. The highest BCUT2D eigenvalue weighted by molar-refractivity contribution is 7.99. The van der Waals surface area contributed by atoms with Gasteiger partial charge in [0.05, 0.1) is 12.6 Å². The number of ether oxygens (including phenoxy) is 3. The van der Waals surface area contributed by atoms with Crippen LogP contribution in [0, 0.1) is 18.3 Å². The molecule has 1 aromatic heterocycles. The van der Waals surface area contributed by atoms with Crippen molar-refractivity contribution < 1.29 is 23.8 Å². The Labute approximate surface area is 216 Å². The second-order valence-electron chi connectivity index (χ2n) is 10.2. The van der Waals surface area contributed by atoms with Crippen molar-refractivity contribution in [3.63, 3.8) is 0 Å². The standard InChI is InChI=1S/C27H33N3O5S/c1-17-13-23(21(15-28)29-24(17)34-18(2)31)36-22(19-11-9-8-10-12-19)14-20-16-33-27(6,7)30(20)25(32)35-26(3,4)5/h8-13,20,22H,14,16H2,1-7H3/t20-,22+/m0/s1. The number of carbonyl (C=O) groups excluding carboxylic acids is 2. The number of hydrogen-bond donors (Lipinski definition) is 0. The third-order valence-corrected chi connectivity index (χ3v) is 6.88. The Hall–Kier alpha value is -3.09. The zero-order valence-corrected chi connectivity index (χ0v) is 22.6. The van der Waals surface area contributed by atoms with Gasteiger partial charge in [0.1, 0.15) is 17.4 Å². The number of benzene rings is 1. The van der Waals surface area contributed by atoms with Gasteiger partial charge in [-0.25, -0.2) is 9.78 Å². The van der Waals surface area contributed by atoms with Crippen molar-refractivity contribution in [2.24, 2.45) is 0 Å². The van der Waals surface area contributed by atoms with E-state index in [2.05, 4.69) is 11.1 Å². The van der Waals surface area contributed by atoms with E-state index in [9.17, 15) is 14.9 Å². The van der Waals surface area contributed by atoms with Gasteiger partial charge in [-0.05, 0) is 59.6 Å². The first-order valence-electron chi connectivity index (χ1n) is 11.8. The van der Waals surface area contributed by atoms with Gasteiger partial charge in [0.25, 0.3) is 0 Å². The van der Waals surface area contributed by atoms with Crippen LogP contribution in [0.15, 0.2) is 41.3 Å². The minimum atomic E-state index is -0.819. The molecule has 8 nitrogen and oxygen atoms in total. The molecular formula is C27H33N3O5S. The van der Waals surface area contributed by atoms with E-state index < -0.39 is 23.4 Å². The van der Waals surface area contributed by atoms with E-state index in [1.54, 1.807) is 11.8 Å². The Kier molecular flexibility index (Phi) is 8.32. The molecule has 0 N–H and O–H groups in total. The van der Waals surface area contributed by atoms with Crippen molar-refractivity contribution in [3.8, 4) is 11.9 Å². The Bertz CT molecular complexity index is 1150. The van der Waals surface area contributed by atoms with E-state index in [4.69, 9.17) is 14.2 Å². The Morgan fingerprint density at radius 1 is 1.31 bits per heavy atom. The number of aromatic nitrogens is 1. The van der Waals surface area contributed by atoms with E-state index in [0.29, 0.717) is 23.5 Å². The maximum Gasteiger partial charge on any atom is 0.412 e. The number of esters is 1. The minimum Gasteiger partial charge on any atom is -0.444 e. The molecule has 2 heterocycles. The van der Waals surface area contributed by atoms with Gasteiger partial charge in [-0.1, -0.05) is 30.3 Å². The Morgan fingerprint density at radius 2 is 1.97 bits per heavy atom. The molecule has 0 aliphatic carbocycles. The monoisotopic (exact) mass is 511 g/mol. The van der Waals surface area contributed by atoms with Crippen LogP contribution < -0.4 is 4.74 Å². The number of nitriles is 1. The van der Waals surface area contributed by atoms with Crippen molar-refractivity contribution in [2.45, 2.75) is 82.4 Å². The molecule has 1 aliphatic rings. The number of thioether (sulfide) groups is 1. The van der Waals surface area contributed by atoms with Gasteiger partial charge < -0.3 is 14.2 Å². The molecule has 0 spiro atoms. The molecule has 1 aliphatic heterocycles. The van der Waals surface area contributed by atoms with Gasteiger partial charge in [0.2, 0.25) is 5.88 Å². The van der Waals surface area contributed by atoms with Crippen LogP contribution >= 0.6 is 11.8 Å². The molecule has 1 saturated heterocycles. The summed E-state index contributed by atoms with van der Waals surface area (Å²) in [5, 5.41) is 9.65. The molecule has 36 heavy (non-hydrogen) atoms. The number of rotatable bonds is 6. The summed E-state index contributed by atoms with van der Waals surface area (Å²) in [7, 11) is 0. The van der Waals surface area contributed by atoms with Gasteiger partial charge >= 0.3 is 12.1 Å². The Morgan fingerprint density at radius 3 is 2.56 bits per heavy atom. The molecule has 1 amide bonds. The predicted octanol–water partition coefficient (Wildman–Crippen LogP) is 5.78. The van der Waals surface area contributed by atoms with Crippen LogP contribution in [0.2, 0.25) is 0 Å². The molecular weight excluding hydrogens is 478 g/mol. The summed E-state index contributed by atoms with van der Waals surface area (Å²) >= 11 is 1.49. The molecule has 2 atom stereocenters. The fourth-order valence-corrected chi connectivity index (χ4v) is 5.40. The van der Waals surface area contributed by atoms with Crippen LogP contribution in [0.5, 0.6) is 5.88 Å². The van der Waals surface area contributed by atoms with Crippen molar-refractivity contribution in [1.29, 1.82) is 5.26 Å². The fourth-order valence-electron chi connectivity index (χ4n) is 4.04. The number of carbonyl (C=O) groups is 2. The second-order valence-corrected chi connectivity index (χ2v) is 11.4. The highest BCUT2D eigenvalue weighted by Crippen LogP contribution is 2.43. The van der Waals surface area contributed by atoms with Gasteiger partial charge in [-0.15, -0.1) is 11.8 Å². The summed E-state index contributed by atoms with van der Waals surface area (Å²) < 4.78 is 16.9. The van der Waals surface area contributed by atoms with E-state index >= 15 is 0 Å². The summed E-state index contributed by atoms with van der Waals surface area (Å²) in [5.74, 6) is -0.371. The lowest BCUT2D eigenvalue weighted by atomic mass is 10.0. The lowest BCUT2D eigenvalue weighted by molar-refractivity contribution is -0.132. The second kappa shape index (κ2) is 10.9. The normalized spacial score (nSPS) is 17.8. The largest absolute Gasteiger partial charge is 0.444 e. The third-order valence-electron chi connectivity index (χ3n) is 5.57. The number of aryl methyl sites for hydroxylation is 1. The average molecular weight is 512 g/mol. The maximum atomic E-state index is 13.2. The van der Waals surface area contributed by atoms with E-state index in [-0.39, 0.29) is 22.9 Å². The van der Waals surface area contributed by atoms with Crippen LogP contribution in [0.1, 0.15) is 70.0 Å². The fraction of sp³-hybridized carbons (Fsp3) is 0.481. The number of amides is 1. The van der Waals surface area contributed by atoms with Crippen molar-refractivity contribution in [3.05, 3.63) is 53.2 Å². The highest BCUT2D eigenvalue weighted by atomic mass is 32.2. The molecule has 192 valence electrons. The van der Waals surface area contributed by atoms with Gasteiger partial charge in [-0.2, -0.15) is 5.26 Å². The predicted molar refractivity (Wildman–Crippen MR) is 137 cm³/mol. The lowest BCUT2D eigenvalue weighted by Crippen LogP contribution is -2.50. The average Bonchev–Trinajstić information content (AvgIpc) is 3.08. The molecule has 0 unspecified atom stereocenters. The number of hydrogen-bond acceptors (Lipinski definition) is 8. The van der Waals surface area contributed by atoms with Gasteiger partial charge in [-0.3, -0.25) is 9.69 Å². The molecule has 0 saturated carbocycles.